The monoisotopic (exact) mass is 195 g/mol. The summed E-state index contributed by atoms with van der Waals surface area (Å²) in [4.78, 5) is 10.7. The van der Waals surface area contributed by atoms with Gasteiger partial charge in [-0.2, -0.15) is 0 Å². The zero-order valence-corrected chi connectivity index (χ0v) is 7.95. The maximum Gasteiger partial charge on any atom is 0.221 e. The third-order valence-electron chi connectivity index (χ3n) is 1.95. The van der Waals surface area contributed by atoms with Crippen molar-refractivity contribution in [3.8, 4) is 5.75 Å². The highest BCUT2D eigenvalue weighted by molar-refractivity contribution is 5.77. The average Bonchev–Trinajstić information content (AvgIpc) is 2.09. The molecule has 0 aliphatic rings. The Kier molecular flexibility index (Phi) is 3.09. The van der Waals surface area contributed by atoms with Gasteiger partial charge in [0, 0.05) is 11.1 Å². The predicted octanol–water partition coefficient (Wildman–Crippen LogP) is 0.221. The number of aliphatic hydroxyl groups is 1. The van der Waals surface area contributed by atoms with E-state index in [1.54, 1.807) is 12.1 Å². The van der Waals surface area contributed by atoms with Gasteiger partial charge in [-0.05, 0) is 6.92 Å². The molecule has 0 radical (unpaired) electrons. The van der Waals surface area contributed by atoms with Crippen LogP contribution in [0.2, 0.25) is 0 Å². The summed E-state index contributed by atoms with van der Waals surface area (Å²) in [5.41, 5.74) is 6.78. The van der Waals surface area contributed by atoms with E-state index in [0.29, 0.717) is 11.1 Å². The Morgan fingerprint density at radius 1 is 1.43 bits per heavy atom. The summed E-state index contributed by atoms with van der Waals surface area (Å²) in [5, 5.41) is 18.5. The summed E-state index contributed by atoms with van der Waals surface area (Å²) in [6.45, 7) is 1.57. The lowest BCUT2D eigenvalue weighted by atomic mass is 10.0. The molecule has 1 aromatic carbocycles. The van der Waals surface area contributed by atoms with E-state index in [1.807, 2.05) is 6.92 Å². The van der Waals surface area contributed by atoms with Crippen LogP contribution in [0.15, 0.2) is 12.1 Å². The second-order valence-corrected chi connectivity index (χ2v) is 3.23. The maximum atomic E-state index is 10.7. The van der Waals surface area contributed by atoms with E-state index >= 15 is 0 Å². The number of benzene rings is 1. The molecular weight excluding hydrogens is 182 g/mol. The number of rotatable bonds is 3. The van der Waals surface area contributed by atoms with Crippen molar-refractivity contribution >= 4 is 5.91 Å². The number of aromatic hydroxyl groups is 1. The summed E-state index contributed by atoms with van der Waals surface area (Å²) in [6.07, 6.45) is -0.0134. The lowest BCUT2D eigenvalue weighted by Crippen LogP contribution is -2.14. The van der Waals surface area contributed by atoms with E-state index in [-0.39, 0.29) is 18.8 Å². The van der Waals surface area contributed by atoms with Gasteiger partial charge in [0.2, 0.25) is 5.91 Å². The highest BCUT2D eigenvalue weighted by Gasteiger charge is 2.09. The van der Waals surface area contributed by atoms with Crippen LogP contribution in [0.4, 0.5) is 0 Å². The van der Waals surface area contributed by atoms with E-state index in [9.17, 15) is 9.90 Å². The van der Waals surface area contributed by atoms with E-state index in [0.717, 1.165) is 5.56 Å². The molecule has 76 valence electrons. The number of aliphatic hydroxyl groups excluding tert-OH is 1. The van der Waals surface area contributed by atoms with Gasteiger partial charge in [0.15, 0.2) is 0 Å². The standard InChI is InChI=1S/C10H13NO3/c1-6-2-7(4-9(11)13)10(14)8(3-6)5-12/h2-3,12,14H,4-5H2,1H3,(H2,11,13). The van der Waals surface area contributed by atoms with Gasteiger partial charge >= 0.3 is 0 Å². The smallest absolute Gasteiger partial charge is 0.221 e. The Bertz CT molecular complexity index is 361. The Morgan fingerprint density at radius 3 is 2.50 bits per heavy atom. The lowest BCUT2D eigenvalue weighted by molar-refractivity contribution is -0.117. The zero-order valence-electron chi connectivity index (χ0n) is 7.95. The zero-order chi connectivity index (χ0) is 10.7. The summed E-state index contributed by atoms with van der Waals surface area (Å²) in [5.74, 6) is -0.549. The second kappa shape index (κ2) is 4.11. The molecule has 0 aliphatic heterocycles. The number of carbonyl (C=O) groups is 1. The van der Waals surface area contributed by atoms with Crippen molar-refractivity contribution in [2.24, 2.45) is 5.73 Å². The molecule has 0 saturated heterocycles. The second-order valence-electron chi connectivity index (χ2n) is 3.23. The fraction of sp³-hybridized carbons (Fsp3) is 0.300. The van der Waals surface area contributed by atoms with Gasteiger partial charge in [0.25, 0.3) is 0 Å². The van der Waals surface area contributed by atoms with Gasteiger partial charge in [-0.25, -0.2) is 0 Å². The SMILES string of the molecule is Cc1cc(CO)c(O)c(CC(N)=O)c1. The number of carbonyl (C=O) groups excluding carboxylic acids is 1. The largest absolute Gasteiger partial charge is 0.507 e. The number of amides is 1. The van der Waals surface area contributed by atoms with Crippen LogP contribution in [0.5, 0.6) is 5.75 Å². The molecule has 14 heavy (non-hydrogen) atoms. The van der Waals surface area contributed by atoms with Gasteiger partial charge in [0.1, 0.15) is 5.75 Å². The van der Waals surface area contributed by atoms with Gasteiger partial charge in [-0.3, -0.25) is 4.79 Å². The van der Waals surface area contributed by atoms with Crippen molar-refractivity contribution in [3.63, 3.8) is 0 Å². The molecule has 0 atom stereocenters. The Labute approximate surface area is 82.0 Å². The third kappa shape index (κ3) is 2.23. The minimum absolute atomic E-state index is 0.0134. The number of phenols is 1. The summed E-state index contributed by atoms with van der Waals surface area (Å²) < 4.78 is 0. The molecule has 1 rings (SSSR count). The van der Waals surface area contributed by atoms with Crippen molar-refractivity contribution < 1.29 is 15.0 Å². The quantitative estimate of drug-likeness (QED) is 0.645. The van der Waals surface area contributed by atoms with Gasteiger partial charge in [0.05, 0.1) is 13.0 Å². The summed E-state index contributed by atoms with van der Waals surface area (Å²) in [7, 11) is 0. The van der Waals surface area contributed by atoms with Crippen molar-refractivity contribution in [1.29, 1.82) is 0 Å². The maximum absolute atomic E-state index is 10.7. The highest BCUT2D eigenvalue weighted by atomic mass is 16.3. The molecule has 0 heterocycles. The lowest BCUT2D eigenvalue weighted by Gasteiger charge is -2.08. The minimum Gasteiger partial charge on any atom is -0.507 e. The normalized spacial score (nSPS) is 10.1. The van der Waals surface area contributed by atoms with Crippen LogP contribution in [0, 0.1) is 6.92 Å². The van der Waals surface area contributed by atoms with E-state index < -0.39 is 5.91 Å². The van der Waals surface area contributed by atoms with Crippen LogP contribution in [-0.2, 0) is 17.8 Å². The first kappa shape index (κ1) is 10.5. The van der Waals surface area contributed by atoms with Crippen molar-refractivity contribution in [3.05, 3.63) is 28.8 Å². The van der Waals surface area contributed by atoms with E-state index in [4.69, 9.17) is 10.8 Å². The molecule has 0 aliphatic carbocycles. The number of primary amides is 1. The van der Waals surface area contributed by atoms with Crippen LogP contribution in [-0.4, -0.2) is 16.1 Å². The molecule has 4 N–H and O–H groups in total. The Hall–Kier alpha value is -1.55. The first-order chi connectivity index (χ1) is 6.54. The van der Waals surface area contributed by atoms with Crippen LogP contribution in [0.1, 0.15) is 16.7 Å². The summed E-state index contributed by atoms with van der Waals surface area (Å²) in [6, 6.07) is 3.35. The Balaban J connectivity index is 3.15. The molecule has 0 spiro atoms. The van der Waals surface area contributed by atoms with Crippen molar-refractivity contribution in [2.45, 2.75) is 20.0 Å². The van der Waals surface area contributed by atoms with E-state index in [2.05, 4.69) is 0 Å². The summed E-state index contributed by atoms with van der Waals surface area (Å²) >= 11 is 0. The average molecular weight is 195 g/mol. The fourth-order valence-corrected chi connectivity index (χ4v) is 1.38. The number of aryl methyl sites for hydroxylation is 1. The highest BCUT2D eigenvalue weighted by Crippen LogP contribution is 2.24. The molecule has 4 heteroatoms. The third-order valence-corrected chi connectivity index (χ3v) is 1.95. The van der Waals surface area contributed by atoms with Gasteiger partial charge in [-0.1, -0.05) is 17.7 Å². The molecule has 0 unspecified atom stereocenters. The van der Waals surface area contributed by atoms with Crippen LogP contribution in [0.25, 0.3) is 0 Å². The first-order valence-electron chi connectivity index (χ1n) is 4.25. The Morgan fingerprint density at radius 2 is 2.00 bits per heavy atom. The number of hydrogen-bond acceptors (Lipinski definition) is 3. The molecule has 0 aromatic heterocycles. The van der Waals surface area contributed by atoms with Gasteiger partial charge in [-0.15, -0.1) is 0 Å². The van der Waals surface area contributed by atoms with E-state index in [1.165, 1.54) is 0 Å². The van der Waals surface area contributed by atoms with Crippen LogP contribution in [0.3, 0.4) is 0 Å². The van der Waals surface area contributed by atoms with Crippen LogP contribution < -0.4 is 5.73 Å². The first-order valence-corrected chi connectivity index (χ1v) is 4.25. The van der Waals surface area contributed by atoms with Crippen molar-refractivity contribution in [2.75, 3.05) is 0 Å². The topological polar surface area (TPSA) is 83.6 Å². The molecule has 4 nitrogen and oxygen atoms in total. The molecular formula is C10H13NO3. The fourth-order valence-electron chi connectivity index (χ4n) is 1.38. The minimum atomic E-state index is -0.505. The number of hydrogen-bond donors (Lipinski definition) is 3. The molecule has 0 fully saturated rings. The molecule has 0 bridgehead atoms. The van der Waals surface area contributed by atoms with Gasteiger partial charge < -0.3 is 15.9 Å². The predicted molar refractivity (Wildman–Crippen MR) is 51.7 cm³/mol. The number of nitrogens with two attached hydrogens (primary N) is 1. The van der Waals surface area contributed by atoms with Crippen molar-refractivity contribution in [1.82, 2.24) is 0 Å². The molecule has 1 aromatic rings. The van der Waals surface area contributed by atoms with Crippen LogP contribution >= 0.6 is 0 Å². The molecule has 0 saturated carbocycles. The molecule has 1 amide bonds.